The van der Waals surface area contributed by atoms with Crippen molar-refractivity contribution in [1.29, 1.82) is 0 Å². The number of ether oxygens (including phenoxy) is 1. The lowest BCUT2D eigenvalue weighted by Crippen LogP contribution is -2.45. The smallest absolute Gasteiger partial charge is 0.257 e. The maximum atomic E-state index is 13.5. The minimum Gasteiger partial charge on any atom is -0.380 e. The largest absolute Gasteiger partial charge is 0.380 e. The molecule has 1 aliphatic heterocycles. The number of carbonyl (C=O) groups excluding carboxylic acids is 1. The van der Waals surface area contributed by atoms with Crippen LogP contribution in [0.4, 0.5) is 20.3 Å². The topological polar surface area (TPSA) is 54.5 Å². The molecule has 0 saturated heterocycles. The third kappa shape index (κ3) is 3.56. The molecule has 1 amide bonds. The average molecular weight is 395 g/mol. The number of methoxy groups -OCH3 is 1. The van der Waals surface area contributed by atoms with E-state index in [4.69, 9.17) is 4.74 Å². The zero-order chi connectivity index (χ0) is 20.5. The third-order valence-corrected chi connectivity index (χ3v) is 4.78. The molecule has 1 N–H and O–H groups in total. The van der Waals surface area contributed by atoms with Crippen molar-refractivity contribution in [3.63, 3.8) is 0 Å². The second-order valence-corrected chi connectivity index (χ2v) is 6.83. The number of pyridine rings is 1. The van der Waals surface area contributed by atoms with E-state index in [2.05, 4.69) is 10.3 Å². The maximum Gasteiger partial charge on any atom is 0.257 e. The molecule has 0 radical (unpaired) electrons. The predicted octanol–water partition coefficient (Wildman–Crippen LogP) is 4.39. The maximum absolute atomic E-state index is 13.5. The summed E-state index contributed by atoms with van der Waals surface area (Å²) in [6.07, 6.45) is -0.634. The second-order valence-electron chi connectivity index (χ2n) is 6.83. The molecule has 0 aliphatic carbocycles. The van der Waals surface area contributed by atoms with Gasteiger partial charge in [0.05, 0.1) is 12.2 Å². The van der Waals surface area contributed by atoms with E-state index in [1.165, 1.54) is 24.3 Å². The first-order chi connectivity index (χ1) is 14.0. The molecular weight excluding hydrogens is 376 g/mol. The summed E-state index contributed by atoms with van der Waals surface area (Å²) in [4.78, 5) is 19.4. The van der Waals surface area contributed by atoms with E-state index in [0.29, 0.717) is 28.2 Å². The van der Waals surface area contributed by atoms with Crippen LogP contribution in [0.25, 0.3) is 0 Å². The number of aryl methyl sites for hydroxylation is 1. The van der Waals surface area contributed by atoms with Crippen LogP contribution in [-0.2, 0) is 11.3 Å². The highest BCUT2D eigenvalue weighted by Gasteiger charge is 2.36. The first-order valence-corrected chi connectivity index (χ1v) is 9.08. The minimum absolute atomic E-state index is 0.248. The van der Waals surface area contributed by atoms with Crippen LogP contribution in [0.2, 0.25) is 0 Å². The van der Waals surface area contributed by atoms with Gasteiger partial charge >= 0.3 is 0 Å². The summed E-state index contributed by atoms with van der Waals surface area (Å²) in [6.45, 7) is 2.08. The molecule has 0 spiro atoms. The molecule has 0 saturated carbocycles. The number of hydrogen-bond donors (Lipinski definition) is 1. The predicted molar refractivity (Wildman–Crippen MR) is 105 cm³/mol. The normalized spacial score (nSPS) is 15.8. The lowest BCUT2D eigenvalue weighted by atomic mass is 10.0. The average Bonchev–Trinajstić information content (AvgIpc) is 2.69. The Morgan fingerprint density at radius 3 is 2.31 bits per heavy atom. The molecule has 3 aromatic rings. The fourth-order valence-corrected chi connectivity index (χ4v) is 3.55. The number of hydrogen-bond acceptors (Lipinski definition) is 4. The highest BCUT2D eigenvalue weighted by Crippen LogP contribution is 2.39. The monoisotopic (exact) mass is 395 g/mol. The summed E-state index contributed by atoms with van der Waals surface area (Å²) in [5, 5.41) is 2.97. The van der Waals surface area contributed by atoms with Gasteiger partial charge < -0.3 is 15.0 Å². The zero-order valence-corrected chi connectivity index (χ0v) is 15.9. The molecule has 2 heterocycles. The van der Waals surface area contributed by atoms with Crippen molar-refractivity contribution in [2.24, 2.45) is 0 Å². The molecule has 1 atom stereocenters. The summed E-state index contributed by atoms with van der Waals surface area (Å²) in [5.41, 5.74) is 3.14. The number of aromatic nitrogens is 1. The van der Waals surface area contributed by atoms with Gasteiger partial charge in [-0.2, -0.15) is 0 Å². The molecule has 0 bridgehead atoms. The summed E-state index contributed by atoms with van der Waals surface area (Å²) >= 11 is 0. The van der Waals surface area contributed by atoms with E-state index in [9.17, 15) is 13.6 Å². The first kappa shape index (κ1) is 19.0. The molecule has 4 rings (SSSR count). The van der Waals surface area contributed by atoms with Crippen molar-refractivity contribution in [2.45, 2.75) is 19.7 Å². The van der Waals surface area contributed by atoms with Gasteiger partial charge in [0, 0.05) is 18.5 Å². The number of amides is 1. The number of fused-ring (bicyclic) bond motifs is 1. The Labute approximate surface area is 166 Å². The zero-order valence-electron chi connectivity index (χ0n) is 15.9. The van der Waals surface area contributed by atoms with Crippen LogP contribution in [0.1, 0.15) is 33.3 Å². The van der Waals surface area contributed by atoms with E-state index in [1.807, 2.05) is 17.9 Å². The molecule has 2 aromatic carbocycles. The van der Waals surface area contributed by atoms with E-state index < -0.39 is 6.17 Å². The van der Waals surface area contributed by atoms with Crippen molar-refractivity contribution < 1.29 is 18.3 Å². The number of anilines is 2. The van der Waals surface area contributed by atoms with Crippen LogP contribution in [0.15, 0.2) is 54.6 Å². The number of nitrogens with zero attached hydrogens (tertiary/aromatic N) is 2. The number of carbonyl (C=O) groups is 1. The third-order valence-electron chi connectivity index (χ3n) is 4.78. The molecule has 1 aromatic heterocycles. The van der Waals surface area contributed by atoms with Crippen molar-refractivity contribution in [3.8, 4) is 0 Å². The highest BCUT2D eigenvalue weighted by atomic mass is 19.1. The number of benzene rings is 2. The summed E-state index contributed by atoms with van der Waals surface area (Å²) in [5.74, 6) is -0.597. The molecule has 0 unspecified atom stereocenters. The minimum atomic E-state index is -0.634. The fraction of sp³-hybridized carbons (Fsp3) is 0.182. The van der Waals surface area contributed by atoms with Gasteiger partial charge in [-0.05, 0) is 60.5 Å². The SMILES string of the molecule is COCc1cc(C)nc2c1C(=O)N[C@H](c1ccc(F)cc1)N2c1ccc(F)cc1. The summed E-state index contributed by atoms with van der Waals surface area (Å²) < 4.78 is 32.3. The van der Waals surface area contributed by atoms with Gasteiger partial charge in [0.1, 0.15) is 23.6 Å². The van der Waals surface area contributed by atoms with Gasteiger partial charge in [0.2, 0.25) is 0 Å². The van der Waals surface area contributed by atoms with Gasteiger partial charge in [0.15, 0.2) is 0 Å². The lowest BCUT2D eigenvalue weighted by Gasteiger charge is -2.39. The lowest BCUT2D eigenvalue weighted by molar-refractivity contribution is 0.0923. The van der Waals surface area contributed by atoms with E-state index >= 15 is 0 Å². The molecule has 7 heteroatoms. The summed E-state index contributed by atoms with van der Waals surface area (Å²) in [6, 6.07) is 13.6. The van der Waals surface area contributed by atoms with Gasteiger partial charge in [0.25, 0.3) is 5.91 Å². The van der Waals surface area contributed by atoms with E-state index in [0.717, 1.165) is 5.69 Å². The van der Waals surface area contributed by atoms with Gasteiger partial charge in [-0.1, -0.05) is 12.1 Å². The first-order valence-electron chi connectivity index (χ1n) is 9.08. The Bertz CT molecular complexity index is 1050. The van der Waals surface area contributed by atoms with Crippen molar-refractivity contribution in [1.82, 2.24) is 10.3 Å². The number of halogens is 2. The van der Waals surface area contributed by atoms with Gasteiger partial charge in [-0.15, -0.1) is 0 Å². The molecule has 1 aliphatic rings. The van der Waals surface area contributed by atoms with Crippen molar-refractivity contribution in [3.05, 3.63) is 88.6 Å². The molecule has 29 heavy (non-hydrogen) atoms. The second kappa shape index (κ2) is 7.60. The number of nitrogens with one attached hydrogen (secondary N) is 1. The van der Waals surface area contributed by atoms with Crippen LogP contribution >= 0.6 is 0 Å². The summed E-state index contributed by atoms with van der Waals surface area (Å²) in [7, 11) is 1.56. The number of rotatable bonds is 4. The fourth-order valence-electron chi connectivity index (χ4n) is 3.55. The molecule has 0 fully saturated rings. The molecule has 148 valence electrons. The Morgan fingerprint density at radius 1 is 1.07 bits per heavy atom. The Hall–Kier alpha value is -3.32. The quantitative estimate of drug-likeness (QED) is 0.712. The van der Waals surface area contributed by atoms with E-state index in [-0.39, 0.29) is 24.1 Å². The standard InChI is InChI=1S/C22H19F2N3O2/c1-13-11-15(12-29-2)19-21(25-13)27(18-9-7-17(24)8-10-18)20(26-22(19)28)14-3-5-16(23)6-4-14/h3-11,20H,12H2,1-2H3,(H,26,28)/t20-/m0/s1. The van der Waals surface area contributed by atoms with Crippen LogP contribution in [-0.4, -0.2) is 18.0 Å². The van der Waals surface area contributed by atoms with Crippen LogP contribution in [0.3, 0.4) is 0 Å². The van der Waals surface area contributed by atoms with Crippen molar-refractivity contribution >= 4 is 17.4 Å². The van der Waals surface area contributed by atoms with Crippen LogP contribution in [0.5, 0.6) is 0 Å². The highest BCUT2D eigenvalue weighted by molar-refractivity contribution is 6.03. The Balaban J connectivity index is 1.94. The molecular formula is C22H19F2N3O2. The Kier molecular flexibility index (Phi) is 4.98. The van der Waals surface area contributed by atoms with Crippen LogP contribution in [0, 0.1) is 18.6 Å². The van der Waals surface area contributed by atoms with E-state index in [1.54, 1.807) is 31.4 Å². The van der Waals surface area contributed by atoms with Gasteiger partial charge in [-0.25, -0.2) is 13.8 Å². The van der Waals surface area contributed by atoms with Gasteiger partial charge in [-0.3, -0.25) is 4.79 Å². The van der Waals surface area contributed by atoms with Crippen molar-refractivity contribution in [2.75, 3.05) is 12.0 Å². The van der Waals surface area contributed by atoms with Crippen LogP contribution < -0.4 is 10.2 Å². The molecule has 5 nitrogen and oxygen atoms in total. The Morgan fingerprint density at radius 2 is 1.69 bits per heavy atom.